The van der Waals surface area contributed by atoms with Crippen LogP contribution in [0.1, 0.15) is 27.7 Å². The number of amides is 2. The number of hydrogen-bond donors (Lipinski definition) is 1. The molecule has 0 aromatic rings. The molecule has 0 aliphatic carbocycles. The number of nitrogens with one attached hydrogen (secondary N) is 1. The lowest BCUT2D eigenvalue weighted by Crippen LogP contribution is -2.42. The standard InChI is InChI=1S/C12H22N2O4S/c1-9(15)19-7-6-14(5)11(17)13-8-10(16)18-12(2,3)4/h6-8H2,1-5H3,(H,13,17). The smallest absolute Gasteiger partial charge is 0.325 e. The summed E-state index contributed by atoms with van der Waals surface area (Å²) in [7, 11) is 1.60. The molecule has 0 bridgehead atoms. The number of carbonyl (C=O) groups excluding carboxylic acids is 3. The van der Waals surface area contributed by atoms with Gasteiger partial charge in [-0.05, 0) is 20.8 Å². The second kappa shape index (κ2) is 8.04. The zero-order valence-corrected chi connectivity index (χ0v) is 12.9. The number of esters is 1. The molecule has 0 rings (SSSR count). The Bertz CT molecular complexity index is 339. The van der Waals surface area contributed by atoms with E-state index in [4.69, 9.17) is 4.74 Å². The summed E-state index contributed by atoms with van der Waals surface area (Å²) in [5.41, 5.74) is -0.564. The molecule has 110 valence electrons. The van der Waals surface area contributed by atoms with E-state index in [1.807, 2.05) is 0 Å². The normalized spacial score (nSPS) is 10.8. The molecule has 0 fully saturated rings. The summed E-state index contributed by atoms with van der Waals surface area (Å²) in [6.07, 6.45) is 0. The van der Waals surface area contributed by atoms with E-state index in [0.717, 1.165) is 11.8 Å². The third kappa shape index (κ3) is 10.4. The highest BCUT2D eigenvalue weighted by molar-refractivity contribution is 8.13. The minimum atomic E-state index is -0.564. The highest BCUT2D eigenvalue weighted by Crippen LogP contribution is 2.06. The monoisotopic (exact) mass is 290 g/mol. The molecule has 0 heterocycles. The van der Waals surface area contributed by atoms with Crippen molar-refractivity contribution >= 4 is 28.9 Å². The molecule has 0 radical (unpaired) electrons. The first kappa shape index (κ1) is 17.8. The van der Waals surface area contributed by atoms with E-state index in [1.54, 1.807) is 27.8 Å². The molecule has 6 nitrogen and oxygen atoms in total. The van der Waals surface area contributed by atoms with Crippen LogP contribution in [0.5, 0.6) is 0 Å². The Kier molecular flexibility index (Phi) is 7.51. The quantitative estimate of drug-likeness (QED) is 0.771. The van der Waals surface area contributed by atoms with Crippen molar-refractivity contribution in [1.29, 1.82) is 0 Å². The molecule has 2 amide bonds. The van der Waals surface area contributed by atoms with Crippen LogP contribution in [0.4, 0.5) is 4.79 Å². The first-order valence-electron chi connectivity index (χ1n) is 5.96. The fourth-order valence-corrected chi connectivity index (χ4v) is 1.74. The molecule has 0 spiro atoms. The highest BCUT2D eigenvalue weighted by Gasteiger charge is 2.17. The number of rotatable bonds is 5. The fourth-order valence-electron chi connectivity index (χ4n) is 1.09. The van der Waals surface area contributed by atoms with Crippen molar-refractivity contribution in [2.75, 3.05) is 25.9 Å². The Morgan fingerprint density at radius 3 is 2.32 bits per heavy atom. The molecule has 0 aliphatic rings. The van der Waals surface area contributed by atoms with Crippen LogP contribution < -0.4 is 5.32 Å². The van der Waals surface area contributed by atoms with Crippen LogP contribution in [0, 0.1) is 0 Å². The zero-order valence-electron chi connectivity index (χ0n) is 12.1. The zero-order chi connectivity index (χ0) is 15.1. The molecule has 1 N–H and O–H groups in total. The maximum Gasteiger partial charge on any atom is 0.325 e. The molecule has 0 saturated carbocycles. The Hall–Kier alpha value is -1.24. The summed E-state index contributed by atoms with van der Waals surface area (Å²) in [5.74, 6) is 0.0541. The summed E-state index contributed by atoms with van der Waals surface area (Å²) in [6.45, 7) is 7.03. The molecule has 0 unspecified atom stereocenters. The average molecular weight is 290 g/mol. The molecular formula is C12H22N2O4S. The van der Waals surface area contributed by atoms with E-state index in [9.17, 15) is 14.4 Å². The Balaban J connectivity index is 3.90. The summed E-state index contributed by atoms with van der Waals surface area (Å²) in [4.78, 5) is 35.1. The number of urea groups is 1. The van der Waals surface area contributed by atoms with Gasteiger partial charge < -0.3 is 15.0 Å². The fraction of sp³-hybridized carbons (Fsp3) is 0.750. The van der Waals surface area contributed by atoms with Gasteiger partial charge >= 0.3 is 12.0 Å². The number of carbonyl (C=O) groups is 3. The van der Waals surface area contributed by atoms with E-state index < -0.39 is 11.6 Å². The van der Waals surface area contributed by atoms with Crippen LogP contribution in [0.25, 0.3) is 0 Å². The molecule has 0 aromatic carbocycles. The molecular weight excluding hydrogens is 268 g/mol. The van der Waals surface area contributed by atoms with Gasteiger partial charge in [0.15, 0.2) is 5.12 Å². The molecule has 0 saturated heterocycles. The minimum Gasteiger partial charge on any atom is -0.459 e. The topological polar surface area (TPSA) is 75.7 Å². The number of thioether (sulfide) groups is 1. The first-order valence-corrected chi connectivity index (χ1v) is 6.94. The second-order valence-electron chi connectivity index (χ2n) is 5.01. The lowest BCUT2D eigenvalue weighted by Gasteiger charge is -2.21. The van der Waals surface area contributed by atoms with Crippen molar-refractivity contribution in [3.8, 4) is 0 Å². The van der Waals surface area contributed by atoms with Crippen LogP contribution in [0.3, 0.4) is 0 Å². The first-order chi connectivity index (χ1) is 8.61. The van der Waals surface area contributed by atoms with Gasteiger partial charge in [-0.25, -0.2) is 4.79 Å². The summed E-state index contributed by atoms with van der Waals surface area (Å²) >= 11 is 1.16. The molecule has 0 aliphatic heterocycles. The van der Waals surface area contributed by atoms with Gasteiger partial charge in [-0.1, -0.05) is 11.8 Å². The van der Waals surface area contributed by atoms with E-state index in [1.165, 1.54) is 11.8 Å². The van der Waals surface area contributed by atoms with E-state index in [0.29, 0.717) is 12.3 Å². The van der Waals surface area contributed by atoms with Gasteiger partial charge in [0.25, 0.3) is 0 Å². The predicted molar refractivity (Wildman–Crippen MR) is 75.0 cm³/mol. The Morgan fingerprint density at radius 2 is 1.84 bits per heavy atom. The average Bonchev–Trinajstić information content (AvgIpc) is 2.22. The van der Waals surface area contributed by atoms with Crippen LogP contribution in [-0.4, -0.2) is 53.5 Å². The molecule has 7 heteroatoms. The lowest BCUT2D eigenvalue weighted by molar-refractivity contribution is -0.153. The van der Waals surface area contributed by atoms with Crippen LogP contribution in [0.2, 0.25) is 0 Å². The maximum atomic E-state index is 11.6. The van der Waals surface area contributed by atoms with Gasteiger partial charge in [-0.3, -0.25) is 9.59 Å². The van der Waals surface area contributed by atoms with E-state index >= 15 is 0 Å². The summed E-state index contributed by atoms with van der Waals surface area (Å²) < 4.78 is 5.06. The third-order valence-electron chi connectivity index (χ3n) is 1.88. The molecule has 0 aromatic heterocycles. The molecule has 0 atom stereocenters. The SMILES string of the molecule is CC(=O)SCCN(C)C(=O)NCC(=O)OC(C)(C)C. The van der Waals surface area contributed by atoms with Crippen molar-refractivity contribution in [2.24, 2.45) is 0 Å². The second-order valence-corrected chi connectivity index (χ2v) is 6.28. The van der Waals surface area contributed by atoms with Crippen molar-refractivity contribution in [3.63, 3.8) is 0 Å². The number of hydrogen-bond acceptors (Lipinski definition) is 5. The van der Waals surface area contributed by atoms with Gasteiger partial charge in [-0.2, -0.15) is 0 Å². The van der Waals surface area contributed by atoms with Gasteiger partial charge in [0.2, 0.25) is 0 Å². The minimum absolute atomic E-state index is 0.0163. The van der Waals surface area contributed by atoms with Crippen molar-refractivity contribution in [3.05, 3.63) is 0 Å². The van der Waals surface area contributed by atoms with Crippen molar-refractivity contribution in [1.82, 2.24) is 10.2 Å². The lowest BCUT2D eigenvalue weighted by atomic mass is 10.2. The number of ether oxygens (including phenoxy) is 1. The Morgan fingerprint density at radius 1 is 1.26 bits per heavy atom. The number of nitrogens with zero attached hydrogens (tertiary/aromatic N) is 1. The molecule has 19 heavy (non-hydrogen) atoms. The van der Waals surface area contributed by atoms with E-state index in [2.05, 4.69) is 5.32 Å². The van der Waals surface area contributed by atoms with Gasteiger partial charge in [0, 0.05) is 26.3 Å². The van der Waals surface area contributed by atoms with Crippen molar-refractivity contribution in [2.45, 2.75) is 33.3 Å². The van der Waals surface area contributed by atoms with Gasteiger partial charge in [0.1, 0.15) is 12.1 Å². The maximum absolute atomic E-state index is 11.6. The third-order valence-corrected chi connectivity index (χ3v) is 2.68. The summed E-state index contributed by atoms with van der Waals surface area (Å²) in [5, 5.41) is 2.48. The van der Waals surface area contributed by atoms with Crippen LogP contribution in [-0.2, 0) is 14.3 Å². The Labute approximate surface area is 118 Å². The summed E-state index contributed by atoms with van der Waals surface area (Å²) in [6, 6.07) is -0.366. The van der Waals surface area contributed by atoms with Crippen LogP contribution >= 0.6 is 11.8 Å². The van der Waals surface area contributed by atoms with Crippen LogP contribution in [0.15, 0.2) is 0 Å². The van der Waals surface area contributed by atoms with Crippen molar-refractivity contribution < 1.29 is 19.1 Å². The predicted octanol–water partition coefficient (Wildman–Crippen LogP) is 1.25. The highest BCUT2D eigenvalue weighted by atomic mass is 32.2. The van der Waals surface area contributed by atoms with Gasteiger partial charge in [-0.15, -0.1) is 0 Å². The van der Waals surface area contributed by atoms with Gasteiger partial charge in [0.05, 0.1) is 0 Å². The largest absolute Gasteiger partial charge is 0.459 e. The van der Waals surface area contributed by atoms with E-state index in [-0.39, 0.29) is 17.7 Å².